The van der Waals surface area contributed by atoms with Gasteiger partial charge >= 0.3 is 0 Å². The number of hydrogen-bond donors (Lipinski definition) is 2. The number of nitriles is 1. The zero-order chi connectivity index (χ0) is 29.5. The number of benzene rings is 2. The highest BCUT2D eigenvalue weighted by molar-refractivity contribution is 5.97. The Morgan fingerprint density at radius 1 is 1.17 bits per heavy atom. The lowest BCUT2D eigenvalue weighted by Crippen LogP contribution is -2.51. The number of para-hydroxylation sites is 1. The Hall–Kier alpha value is -5.05. The molecule has 3 atom stereocenters. The Kier molecular flexibility index (Phi) is 9.08. The van der Waals surface area contributed by atoms with Crippen LogP contribution in [0.15, 0.2) is 65.2 Å². The minimum absolute atomic E-state index is 0.0203. The lowest BCUT2D eigenvalue weighted by atomic mass is 10.0. The van der Waals surface area contributed by atoms with E-state index in [1.165, 1.54) is 42.3 Å². The third-order valence-electron chi connectivity index (χ3n) is 6.75. The van der Waals surface area contributed by atoms with Crippen molar-refractivity contribution >= 4 is 29.3 Å². The lowest BCUT2D eigenvalue weighted by Gasteiger charge is -2.27. The van der Waals surface area contributed by atoms with E-state index in [1.54, 1.807) is 31.2 Å². The van der Waals surface area contributed by atoms with Crippen LogP contribution in [0.2, 0.25) is 0 Å². The average Bonchev–Trinajstić information content (AvgIpc) is 3.60. The van der Waals surface area contributed by atoms with E-state index in [0.717, 1.165) is 4.90 Å². The molecule has 1 aliphatic heterocycles. The van der Waals surface area contributed by atoms with Gasteiger partial charge < -0.3 is 25.0 Å². The second-order valence-corrected chi connectivity index (χ2v) is 9.85. The molecule has 0 spiro atoms. The number of carbonyl (C=O) groups is 4. The number of aryl methyl sites for hydroxylation is 1. The third-order valence-corrected chi connectivity index (χ3v) is 6.75. The molecule has 2 aromatic carbocycles. The van der Waals surface area contributed by atoms with Gasteiger partial charge in [-0.2, -0.15) is 5.26 Å². The zero-order valence-corrected chi connectivity index (χ0v) is 22.5. The third kappa shape index (κ3) is 7.33. The molecule has 0 radical (unpaired) electrons. The van der Waals surface area contributed by atoms with Crippen molar-refractivity contribution in [2.75, 3.05) is 25.5 Å². The van der Waals surface area contributed by atoms with Crippen molar-refractivity contribution in [3.05, 3.63) is 83.5 Å². The molecule has 2 heterocycles. The van der Waals surface area contributed by atoms with E-state index in [-0.39, 0.29) is 37.5 Å². The van der Waals surface area contributed by atoms with Crippen LogP contribution < -0.4 is 10.6 Å². The number of rotatable bonds is 9. The molecule has 4 rings (SSSR count). The Labute approximate surface area is 235 Å². The van der Waals surface area contributed by atoms with Gasteiger partial charge in [0.15, 0.2) is 5.69 Å². The first-order valence-electron chi connectivity index (χ1n) is 12.9. The van der Waals surface area contributed by atoms with E-state index < -0.39 is 41.5 Å². The van der Waals surface area contributed by atoms with Gasteiger partial charge in [0.25, 0.3) is 5.91 Å². The number of likely N-dealkylation sites (tertiary alicyclic amines) is 1. The summed E-state index contributed by atoms with van der Waals surface area (Å²) in [6.45, 7) is 1.26. The standard InChI is InChI=1S/C29H29FN6O5/c1-18-12-24(34-41-18)28(39)33-25(13-19-8-10-21(30)11-9-19)29(40)35(2)17-26(37)36-16-20(14-23(36)15-31)27(38)32-22-6-4-3-5-7-22/h3-12,20,23,25H,13-14,16-17H2,1-2H3,(H,32,38)(H,33,39). The average molecular weight is 561 g/mol. The number of aromatic nitrogens is 1. The van der Waals surface area contributed by atoms with Gasteiger partial charge in [0, 0.05) is 31.8 Å². The highest BCUT2D eigenvalue weighted by Crippen LogP contribution is 2.25. The van der Waals surface area contributed by atoms with E-state index in [1.807, 2.05) is 6.07 Å². The van der Waals surface area contributed by atoms with Crippen LogP contribution in [0, 0.1) is 30.0 Å². The Bertz CT molecular complexity index is 1450. The molecule has 3 aromatic rings. The molecule has 3 unspecified atom stereocenters. The maximum Gasteiger partial charge on any atom is 0.274 e. The van der Waals surface area contributed by atoms with Crippen molar-refractivity contribution in [2.45, 2.75) is 31.8 Å². The Morgan fingerprint density at radius 2 is 1.88 bits per heavy atom. The number of likely N-dealkylation sites (N-methyl/N-ethyl adjacent to an activating group) is 1. The molecule has 0 saturated carbocycles. The highest BCUT2D eigenvalue weighted by Gasteiger charge is 2.39. The fraction of sp³-hybridized carbons (Fsp3) is 0.310. The van der Waals surface area contributed by atoms with Crippen molar-refractivity contribution in [3.63, 3.8) is 0 Å². The molecule has 1 aromatic heterocycles. The van der Waals surface area contributed by atoms with Crippen LogP contribution in [0.1, 0.15) is 28.2 Å². The van der Waals surface area contributed by atoms with Gasteiger partial charge in [-0.05, 0) is 43.2 Å². The van der Waals surface area contributed by atoms with E-state index in [0.29, 0.717) is 17.0 Å². The molecule has 41 heavy (non-hydrogen) atoms. The van der Waals surface area contributed by atoms with Crippen molar-refractivity contribution < 1.29 is 28.1 Å². The molecule has 4 amide bonds. The summed E-state index contributed by atoms with van der Waals surface area (Å²) in [5.74, 6) is -2.69. The molecule has 212 valence electrons. The van der Waals surface area contributed by atoms with Gasteiger partial charge in [0.05, 0.1) is 18.5 Å². The van der Waals surface area contributed by atoms with E-state index in [9.17, 15) is 28.8 Å². The normalized spacial score (nSPS) is 16.9. The molecule has 0 aliphatic carbocycles. The summed E-state index contributed by atoms with van der Waals surface area (Å²) in [6.07, 6.45) is 0.186. The first kappa shape index (κ1) is 28.9. The van der Waals surface area contributed by atoms with E-state index in [4.69, 9.17) is 4.52 Å². The molecular weight excluding hydrogens is 531 g/mol. The smallest absolute Gasteiger partial charge is 0.274 e. The predicted octanol–water partition coefficient (Wildman–Crippen LogP) is 2.30. The molecular formula is C29H29FN6O5. The van der Waals surface area contributed by atoms with Crippen LogP contribution in [0.25, 0.3) is 0 Å². The number of halogens is 1. The SMILES string of the molecule is Cc1cc(C(=O)NC(Cc2ccc(F)cc2)C(=O)N(C)CC(=O)N2CC(C(=O)Nc3ccccc3)CC2C#N)no1. The lowest BCUT2D eigenvalue weighted by molar-refractivity contribution is -0.140. The number of hydrogen-bond acceptors (Lipinski definition) is 7. The number of nitrogens with zero attached hydrogens (tertiary/aromatic N) is 4. The molecule has 0 bridgehead atoms. The number of carbonyl (C=O) groups excluding carboxylic acids is 4. The van der Waals surface area contributed by atoms with E-state index in [2.05, 4.69) is 21.9 Å². The van der Waals surface area contributed by atoms with Gasteiger partial charge in [-0.1, -0.05) is 35.5 Å². The highest BCUT2D eigenvalue weighted by atomic mass is 19.1. The summed E-state index contributed by atoms with van der Waals surface area (Å²) in [5.41, 5.74) is 1.17. The van der Waals surface area contributed by atoms with Crippen molar-refractivity contribution in [1.82, 2.24) is 20.3 Å². The summed E-state index contributed by atoms with van der Waals surface area (Å²) in [4.78, 5) is 54.7. The van der Waals surface area contributed by atoms with Crippen molar-refractivity contribution in [2.24, 2.45) is 5.92 Å². The van der Waals surface area contributed by atoms with Crippen LogP contribution >= 0.6 is 0 Å². The monoisotopic (exact) mass is 560 g/mol. The van der Waals surface area contributed by atoms with Gasteiger partial charge in [0.2, 0.25) is 17.7 Å². The van der Waals surface area contributed by atoms with Crippen LogP contribution in [-0.2, 0) is 20.8 Å². The summed E-state index contributed by atoms with van der Waals surface area (Å²) < 4.78 is 18.4. The summed E-state index contributed by atoms with van der Waals surface area (Å²) in [7, 11) is 1.40. The zero-order valence-electron chi connectivity index (χ0n) is 22.5. The number of amides is 4. The number of nitrogens with one attached hydrogen (secondary N) is 2. The fourth-order valence-electron chi connectivity index (χ4n) is 4.59. The Morgan fingerprint density at radius 3 is 2.51 bits per heavy atom. The van der Waals surface area contributed by atoms with Gasteiger partial charge in [0.1, 0.15) is 23.7 Å². The summed E-state index contributed by atoms with van der Waals surface area (Å²) >= 11 is 0. The molecule has 12 heteroatoms. The largest absolute Gasteiger partial charge is 0.361 e. The second-order valence-electron chi connectivity index (χ2n) is 9.85. The molecule has 1 saturated heterocycles. The summed E-state index contributed by atoms with van der Waals surface area (Å²) in [5, 5.41) is 18.7. The minimum atomic E-state index is -1.11. The predicted molar refractivity (Wildman–Crippen MR) is 145 cm³/mol. The first-order chi connectivity index (χ1) is 19.6. The molecule has 2 N–H and O–H groups in total. The van der Waals surface area contributed by atoms with Crippen molar-refractivity contribution in [1.29, 1.82) is 5.26 Å². The van der Waals surface area contributed by atoms with Gasteiger partial charge in [-0.15, -0.1) is 0 Å². The van der Waals surface area contributed by atoms with E-state index >= 15 is 0 Å². The maximum atomic E-state index is 13.5. The quantitative estimate of drug-likeness (QED) is 0.408. The van der Waals surface area contributed by atoms with Gasteiger partial charge in [-0.25, -0.2) is 4.39 Å². The van der Waals surface area contributed by atoms with Crippen molar-refractivity contribution in [3.8, 4) is 6.07 Å². The Balaban J connectivity index is 1.43. The molecule has 1 aliphatic rings. The molecule has 1 fully saturated rings. The first-order valence-corrected chi connectivity index (χ1v) is 12.9. The minimum Gasteiger partial charge on any atom is -0.361 e. The number of anilines is 1. The topological polar surface area (TPSA) is 149 Å². The molecule has 11 nitrogen and oxygen atoms in total. The maximum absolute atomic E-state index is 13.5. The van der Waals surface area contributed by atoms with Crippen LogP contribution in [0.3, 0.4) is 0 Å². The van der Waals surface area contributed by atoms with Crippen LogP contribution in [-0.4, -0.2) is 70.8 Å². The second kappa shape index (κ2) is 12.9. The van der Waals surface area contributed by atoms with Crippen LogP contribution in [0.5, 0.6) is 0 Å². The van der Waals surface area contributed by atoms with Gasteiger partial charge in [-0.3, -0.25) is 19.2 Å². The summed E-state index contributed by atoms with van der Waals surface area (Å²) in [6, 6.07) is 15.9. The van der Waals surface area contributed by atoms with Crippen LogP contribution in [0.4, 0.5) is 10.1 Å². The fourth-order valence-corrected chi connectivity index (χ4v) is 4.59.